The minimum Gasteiger partial charge on any atom is -0.271 e. The Balaban J connectivity index is 1.97. The molecule has 0 aliphatic heterocycles. The molecule has 0 amide bonds. The summed E-state index contributed by atoms with van der Waals surface area (Å²) >= 11 is 0. The molecule has 0 saturated heterocycles. The number of rotatable bonds is 4. The fraction of sp³-hybridized carbons (Fsp3) is 0.667. The minimum absolute atomic E-state index is 0.391. The molecule has 1 aliphatic carbocycles. The van der Waals surface area contributed by atoms with E-state index in [1.807, 2.05) is 12.4 Å². The Morgan fingerprint density at radius 2 is 2.00 bits per heavy atom. The van der Waals surface area contributed by atoms with Crippen molar-refractivity contribution < 1.29 is 0 Å². The molecule has 4 atom stereocenters. The molecule has 4 unspecified atom stereocenters. The number of nitrogens with two attached hydrogens (primary N) is 1. The van der Waals surface area contributed by atoms with Crippen LogP contribution in [0.4, 0.5) is 0 Å². The minimum atomic E-state index is 0.391. The van der Waals surface area contributed by atoms with Crippen LogP contribution in [0, 0.1) is 17.8 Å². The second-order valence-corrected chi connectivity index (χ2v) is 5.86. The van der Waals surface area contributed by atoms with Gasteiger partial charge in [-0.05, 0) is 54.7 Å². The van der Waals surface area contributed by atoms with Crippen molar-refractivity contribution in [3.05, 3.63) is 30.1 Å². The standard InChI is InChI=1S/C15H25N3/c1-11-3-4-14(9-12(11)2)15(18-16)10-13-5-7-17-8-6-13/h5-8,11-12,14-15,18H,3-4,9-10,16H2,1-2H3. The van der Waals surface area contributed by atoms with E-state index in [2.05, 4.69) is 36.4 Å². The Morgan fingerprint density at radius 3 is 2.61 bits per heavy atom. The van der Waals surface area contributed by atoms with Gasteiger partial charge >= 0.3 is 0 Å². The molecule has 1 saturated carbocycles. The highest BCUT2D eigenvalue weighted by Gasteiger charge is 2.29. The van der Waals surface area contributed by atoms with Gasteiger partial charge in [0.1, 0.15) is 0 Å². The number of nitrogens with one attached hydrogen (secondary N) is 1. The van der Waals surface area contributed by atoms with Crippen LogP contribution >= 0.6 is 0 Å². The van der Waals surface area contributed by atoms with Gasteiger partial charge in [-0.15, -0.1) is 0 Å². The maximum atomic E-state index is 5.77. The quantitative estimate of drug-likeness (QED) is 0.635. The third-order valence-electron chi connectivity index (χ3n) is 4.63. The number of aromatic nitrogens is 1. The van der Waals surface area contributed by atoms with E-state index in [0.717, 1.165) is 18.3 Å². The topological polar surface area (TPSA) is 50.9 Å². The van der Waals surface area contributed by atoms with Gasteiger partial charge in [0, 0.05) is 18.4 Å². The van der Waals surface area contributed by atoms with Gasteiger partial charge in [0.25, 0.3) is 0 Å². The predicted molar refractivity (Wildman–Crippen MR) is 74.7 cm³/mol. The van der Waals surface area contributed by atoms with Crippen molar-refractivity contribution in [3.63, 3.8) is 0 Å². The fourth-order valence-electron chi connectivity index (χ4n) is 3.09. The first-order valence-corrected chi connectivity index (χ1v) is 7.05. The zero-order valence-electron chi connectivity index (χ0n) is 11.5. The third-order valence-corrected chi connectivity index (χ3v) is 4.63. The monoisotopic (exact) mass is 247 g/mol. The van der Waals surface area contributed by atoms with E-state index in [0.29, 0.717) is 12.0 Å². The van der Waals surface area contributed by atoms with Gasteiger partial charge in [-0.3, -0.25) is 16.3 Å². The van der Waals surface area contributed by atoms with Crippen LogP contribution in [-0.2, 0) is 6.42 Å². The lowest BCUT2D eigenvalue weighted by atomic mass is 9.72. The van der Waals surface area contributed by atoms with E-state index in [9.17, 15) is 0 Å². The maximum absolute atomic E-state index is 5.77. The summed E-state index contributed by atoms with van der Waals surface area (Å²) in [5.41, 5.74) is 4.35. The van der Waals surface area contributed by atoms with Gasteiger partial charge in [-0.2, -0.15) is 0 Å². The molecule has 0 spiro atoms. The smallest absolute Gasteiger partial charge is 0.0279 e. The number of pyridine rings is 1. The Morgan fingerprint density at radius 1 is 1.28 bits per heavy atom. The highest BCUT2D eigenvalue weighted by molar-refractivity contribution is 5.11. The third kappa shape index (κ3) is 3.30. The lowest BCUT2D eigenvalue weighted by Gasteiger charge is -2.36. The van der Waals surface area contributed by atoms with Crippen molar-refractivity contribution in [1.29, 1.82) is 0 Å². The Hall–Kier alpha value is -0.930. The van der Waals surface area contributed by atoms with Crippen LogP contribution in [0.3, 0.4) is 0 Å². The van der Waals surface area contributed by atoms with E-state index in [1.165, 1.54) is 24.8 Å². The molecule has 1 aromatic heterocycles. The molecule has 100 valence electrons. The Kier molecular flexibility index (Phi) is 4.72. The second-order valence-electron chi connectivity index (χ2n) is 5.86. The molecule has 3 nitrogen and oxygen atoms in total. The van der Waals surface area contributed by atoms with Gasteiger partial charge in [-0.1, -0.05) is 20.3 Å². The van der Waals surface area contributed by atoms with Crippen LogP contribution in [-0.4, -0.2) is 11.0 Å². The molecule has 18 heavy (non-hydrogen) atoms. The molecule has 3 N–H and O–H groups in total. The lowest BCUT2D eigenvalue weighted by Crippen LogP contribution is -2.44. The second kappa shape index (κ2) is 6.30. The Bertz CT molecular complexity index is 352. The molecule has 1 aromatic rings. The van der Waals surface area contributed by atoms with Crippen molar-refractivity contribution in [3.8, 4) is 0 Å². The number of hydrazine groups is 1. The predicted octanol–water partition coefficient (Wildman–Crippen LogP) is 2.53. The molecule has 0 aromatic carbocycles. The number of hydrogen-bond donors (Lipinski definition) is 2. The van der Waals surface area contributed by atoms with Gasteiger partial charge in [0.05, 0.1) is 0 Å². The summed E-state index contributed by atoms with van der Waals surface area (Å²) in [6.07, 6.45) is 8.64. The summed E-state index contributed by atoms with van der Waals surface area (Å²) in [6.45, 7) is 4.74. The molecule has 1 fully saturated rings. The summed E-state index contributed by atoms with van der Waals surface area (Å²) in [7, 11) is 0. The van der Waals surface area contributed by atoms with E-state index >= 15 is 0 Å². The van der Waals surface area contributed by atoms with Gasteiger partial charge in [-0.25, -0.2) is 0 Å². The fourth-order valence-corrected chi connectivity index (χ4v) is 3.09. The molecular formula is C15H25N3. The normalized spacial score (nSPS) is 30.1. The van der Waals surface area contributed by atoms with Crippen LogP contribution < -0.4 is 11.3 Å². The van der Waals surface area contributed by atoms with Crippen molar-refractivity contribution in [1.82, 2.24) is 10.4 Å². The average Bonchev–Trinajstić information content (AvgIpc) is 2.40. The van der Waals surface area contributed by atoms with Crippen LogP contribution in [0.1, 0.15) is 38.7 Å². The molecule has 0 bridgehead atoms. The van der Waals surface area contributed by atoms with E-state index in [4.69, 9.17) is 5.84 Å². The zero-order chi connectivity index (χ0) is 13.0. The molecule has 1 heterocycles. The van der Waals surface area contributed by atoms with Crippen molar-refractivity contribution in [2.24, 2.45) is 23.6 Å². The molecule has 1 aliphatic rings. The number of nitrogens with zero attached hydrogens (tertiary/aromatic N) is 1. The summed E-state index contributed by atoms with van der Waals surface area (Å²) < 4.78 is 0. The van der Waals surface area contributed by atoms with Crippen LogP contribution in [0.2, 0.25) is 0 Å². The van der Waals surface area contributed by atoms with Crippen LogP contribution in [0.5, 0.6) is 0 Å². The summed E-state index contributed by atoms with van der Waals surface area (Å²) in [4.78, 5) is 4.06. The maximum Gasteiger partial charge on any atom is 0.0279 e. The average molecular weight is 247 g/mol. The first-order valence-electron chi connectivity index (χ1n) is 7.05. The lowest BCUT2D eigenvalue weighted by molar-refractivity contribution is 0.170. The highest BCUT2D eigenvalue weighted by Crippen LogP contribution is 2.35. The van der Waals surface area contributed by atoms with Crippen molar-refractivity contribution in [2.45, 2.75) is 45.6 Å². The largest absolute Gasteiger partial charge is 0.271 e. The van der Waals surface area contributed by atoms with E-state index in [1.54, 1.807) is 0 Å². The zero-order valence-corrected chi connectivity index (χ0v) is 11.5. The van der Waals surface area contributed by atoms with Gasteiger partial charge in [0.15, 0.2) is 0 Å². The molecule has 2 rings (SSSR count). The first kappa shape index (κ1) is 13.5. The van der Waals surface area contributed by atoms with Gasteiger partial charge in [0.2, 0.25) is 0 Å². The molecular weight excluding hydrogens is 222 g/mol. The highest BCUT2D eigenvalue weighted by atomic mass is 15.2. The Labute approximate surface area is 110 Å². The summed E-state index contributed by atoms with van der Waals surface area (Å²) in [5.74, 6) is 8.15. The first-order chi connectivity index (χ1) is 8.70. The van der Waals surface area contributed by atoms with E-state index < -0.39 is 0 Å². The summed E-state index contributed by atoms with van der Waals surface area (Å²) in [6, 6.07) is 4.56. The number of hydrogen-bond acceptors (Lipinski definition) is 3. The van der Waals surface area contributed by atoms with E-state index in [-0.39, 0.29) is 0 Å². The van der Waals surface area contributed by atoms with Crippen LogP contribution in [0.25, 0.3) is 0 Å². The van der Waals surface area contributed by atoms with Crippen molar-refractivity contribution in [2.75, 3.05) is 0 Å². The van der Waals surface area contributed by atoms with Crippen LogP contribution in [0.15, 0.2) is 24.5 Å². The molecule has 3 heteroatoms. The SMILES string of the molecule is CC1CCC(C(Cc2ccncc2)NN)CC1C. The van der Waals surface area contributed by atoms with Gasteiger partial charge < -0.3 is 0 Å². The molecule has 0 radical (unpaired) electrons. The van der Waals surface area contributed by atoms with Crippen molar-refractivity contribution >= 4 is 0 Å². The summed E-state index contributed by atoms with van der Waals surface area (Å²) in [5, 5.41) is 0.